The summed E-state index contributed by atoms with van der Waals surface area (Å²) in [5, 5.41) is 34.1. The average molecular weight is 180 g/mol. The molecule has 0 bridgehead atoms. The lowest BCUT2D eigenvalue weighted by atomic mass is 10.2. The fraction of sp³-hybridized carbons (Fsp3) is 0.800. The molecule has 0 radical (unpaired) electrons. The van der Waals surface area contributed by atoms with Crippen LogP contribution >= 0.6 is 0 Å². The van der Waals surface area contributed by atoms with Gasteiger partial charge in [0, 0.05) is 6.42 Å². The molecule has 0 aromatic rings. The molecule has 1 saturated heterocycles. The maximum Gasteiger partial charge on any atom is 0.518 e. The quantitative estimate of drug-likeness (QED) is 0.299. The first-order valence-corrected chi connectivity index (χ1v) is 3.12. The van der Waals surface area contributed by atoms with Crippen LogP contribution in [0, 0.1) is 0 Å². The number of hydrogen-bond acceptors (Lipinski definition) is 7. The topological polar surface area (TPSA) is 116 Å². The predicted octanol–water partition coefficient (Wildman–Crippen LogP) is -1.79. The van der Waals surface area contributed by atoms with Crippen molar-refractivity contribution in [3.8, 4) is 0 Å². The van der Waals surface area contributed by atoms with Gasteiger partial charge in [0.2, 0.25) is 0 Å². The lowest BCUT2D eigenvalue weighted by molar-refractivity contribution is -0.402. The number of hydrogen-bond donors (Lipinski definition) is 4. The highest BCUT2D eigenvalue weighted by molar-refractivity contribution is 5.64. The minimum Gasteiger partial charge on any atom is -0.365 e. The molecular formula is C5H8O7. The van der Waals surface area contributed by atoms with Gasteiger partial charge in [0.15, 0.2) is 0 Å². The molecule has 0 unspecified atom stereocenters. The van der Waals surface area contributed by atoms with E-state index in [1.54, 1.807) is 0 Å². The minimum atomic E-state index is -2.90. The smallest absolute Gasteiger partial charge is 0.365 e. The van der Waals surface area contributed by atoms with Crippen LogP contribution in [-0.2, 0) is 9.47 Å². The van der Waals surface area contributed by atoms with Gasteiger partial charge >= 0.3 is 12.1 Å². The third-order valence-corrected chi connectivity index (χ3v) is 1.26. The highest BCUT2D eigenvalue weighted by atomic mass is 17.0. The van der Waals surface area contributed by atoms with E-state index in [1.165, 1.54) is 0 Å². The lowest BCUT2D eigenvalue weighted by Crippen LogP contribution is -2.51. The van der Waals surface area contributed by atoms with E-state index >= 15 is 0 Å². The minimum absolute atomic E-state index is 0.428. The van der Waals surface area contributed by atoms with Crippen molar-refractivity contribution in [2.75, 3.05) is 0 Å². The van der Waals surface area contributed by atoms with Gasteiger partial charge in [0.05, 0.1) is 6.42 Å². The van der Waals surface area contributed by atoms with E-state index in [0.717, 1.165) is 0 Å². The standard InChI is InChI=1S/C5H8O7/c6-3-11-5(10,12-3)2-1-4(7,8)9/h7-10H,1-2H2. The zero-order valence-electron chi connectivity index (χ0n) is 5.93. The Balaban J connectivity index is 2.29. The molecule has 12 heavy (non-hydrogen) atoms. The van der Waals surface area contributed by atoms with Crippen LogP contribution in [-0.4, -0.2) is 38.5 Å². The molecule has 1 rings (SSSR count). The van der Waals surface area contributed by atoms with Crippen molar-refractivity contribution in [2.24, 2.45) is 0 Å². The molecule has 1 aliphatic heterocycles. The number of cyclic esters (lactones) is 2. The summed E-state index contributed by atoms with van der Waals surface area (Å²) in [6, 6.07) is 0. The second-order valence-corrected chi connectivity index (χ2v) is 2.44. The molecule has 0 aromatic carbocycles. The van der Waals surface area contributed by atoms with Crippen molar-refractivity contribution in [3.63, 3.8) is 0 Å². The Morgan fingerprint density at radius 2 is 1.83 bits per heavy atom. The molecular weight excluding hydrogens is 172 g/mol. The Hall–Kier alpha value is -0.890. The molecule has 1 heterocycles. The van der Waals surface area contributed by atoms with Crippen LogP contribution < -0.4 is 0 Å². The molecule has 70 valence electrons. The summed E-state index contributed by atoms with van der Waals surface area (Å²) in [7, 11) is 0. The SMILES string of the molecule is O=C1OC(O)(CCC(O)(O)O)O1. The van der Waals surface area contributed by atoms with E-state index in [4.69, 9.17) is 20.4 Å². The lowest BCUT2D eigenvalue weighted by Gasteiger charge is -2.34. The molecule has 4 N–H and O–H groups in total. The molecule has 7 nitrogen and oxygen atoms in total. The Labute approximate surface area is 66.8 Å². The van der Waals surface area contributed by atoms with E-state index in [9.17, 15) is 4.79 Å². The van der Waals surface area contributed by atoms with E-state index in [1.807, 2.05) is 0 Å². The first-order chi connectivity index (χ1) is 5.31. The van der Waals surface area contributed by atoms with Crippen molar-refractivity contribution in [1.82, 2.24) is 0 Å². The molecule has 0 saturated carbocycles. The van der Waals surface area contributed by atoms with Gasteiger partial charge in [-0.05, 0) is 0 Å². The number of rotatable bonds is 3. The summed E-state index contributed by atoms with van der Waals surface area (Å²) in [6.45, 7) is 0. The van der Waals surface area contributed by atoms with Gasteiger partial charge in [0.1, 0.15) is 0 Å². The zero-order chi connectivity index (χ0) is 9.41. The van der Waals surface area contributed by atoms with Crippen molar-refractivity contribution in [2.45, 2.75) is 24.8 Å². The summed E-state index contributed by atoms with van der Waals surface area (Å²) < 4.78 is 8.17. The van der Waals surface area contributed by atoms with Crippen LogP contribution in [0.25, 0.3) is 0 Å². The van der Waals surface area contributed by atoms with Gasteiger partial charge < -0.3 is 29.9 Å². The maximum atomic E-state index is 10.0. The summed E-state index contributed by atoms with van der Waals surface area (Å²) >= 11 is 0. The van der Waals surface area contributed by atoms with E-state index < -0.39 is 30.9 Å². The predicted molar refractivity (Wildman–Crippen MR) is 31.1 cm³/mol. The van der Waals surface area contributed by atoms with Gasteiger partial charge in [-0.3, -0.25) is 0 Å². The highest BCUT2D eigenvalue weighted by Gasteiger charge is 2.48. The summed E-state index contributed by atoms with van der Waals surface area (Å²) in [6.07, 6.45) is -2.07. The number of carbonyl (C=O) groups excluding carboxylic acids is 1. The molecule has 1 aliphatic rings. The number of carbonyl (C=O) groups is 1. The summed E-state index contributed by atoms with van der Waals surface area (Å²) in [5.74, 6) is -5.03. The Bertz CT molecular complexity index is 184. The Kier molecular flexibility index (Phi) is 1.96. The second-order valence-electron chi connectivity index (χ2n) is 2.44. The molecule has 0 aliphatic carbocycles. The maximum absolute atomic E-state index is 10.0. The molecule has 7 heteroatoms. The van der Waals surface area contributed by atoms with Crippen molar-refractivity contribution < 1.29 is 34.7 Å². The highest BCUT2D eigenvalue weighted by Crippen LogP contribution is 2.28. The van der Waals surface area contributed by atoms with Gasteiger partial charge in [-0.1, -0.05) is 0 Å². The van der Waals surface area contributed by atoms with Crippen LogP contribution in [0.4, 0.5) is 4.79 Å². The first kappa shape index (κ1) is 9.20. The first-order valence-electron chi connectivity index (χ1n) is 3.12. The number of aliphatic hydroxyl groups is 4. The fourth-order valence-corrected chi connectivity index (χ4v) is 0.696. The normalized spacial score (nSPS) is 20.8. The Morgan fingerprint density at radius 3 is 2.17 bits per heavy atom. The van der Waals surface area contributed by atoms with E-state index in [-0.39, 0.29) is 0 Å². The second kappa shape index (κ2) is 2.56. The molecule has 0 atom stereocenters. The molecule has 0 aromatic heterocycles. The molecule has 1 fully saturated rings. The number of ether oxygens (including phenoxy) is 2. The van der Waals surface area contributed by atoms with Gasteiger partial charge in [-0.25, -0.2) is 4.79 Å². The summed E-state index contributed by atoms with van der Waals surface area (Å²) in [4.78, 5) is 10.0. The van der Waals surface area contributed by atoms with Gasteiger partial charge in [-0.15, -0.1) is 0 Å². The van der Waals surface area contributed by atoms with Crippen LogP contribution in [0.2, 0.25) is 0 Å². The summed E-state index contributed by atoms with van der Waals surface area (Å²) in [5.41, 5.74) is 0. The average Bonchev–Trinajstić information content (AvgIpc) is 1.79. The van der Waals surface area contributed by atoms with Crippen LogP contribution in [0.3, 0.4) is 0 Å². The van der Waals surface area contributed by atoms with E-state index in [2.05, 4.69) is 9.47 Å². The third-order valence-electron chi connectivity index (χ3n) is 1.26. The molecule has 0 spiro atoms. The largest absolute Gasteiger partial charge is 0.518 e. The van der Waals surface area contributed by atoms with Crippen molar-refractivity contribution >= 4 is 6.16 Å². The Morgan fingerprint density at radius 1 is 1.33 bits per heavy atom. The van der Waals surface area contributed by atoms with Crippen molar-refractivity contribution in [3.05, 3.63) is 0 Å². The monoisotopic (exact) mass is 180 g/mol. The van der Waals surface area contributed by atoms with Crippen LogP contribution in [0.5, 0.6) is 0 Å². The van der Waals surface area contributed by atoms with Crippen molar-refractivity contribution in [1.29, 1.82) is 0 Å². The van der Waals surface area contributed by atoms with E-state index in [0.29, 0.717) is 0 Å². The van der Waals surface area contributed by atoms with Crippen LogP contribution in [0.1, 0.15) is 12.8 Å². The molecule has 0 amide bonds. The third kappa shape index (κ3) is 2.31. The fourth-order valence-electron chi connectivity index (χ4n) is 0.696. The zero-order valence-corrected chi connectivity index (χ0v) is 5.93. The van der Waals surface area contributed by atoms with Gasteiger partial charge in [0.25, 0.3) is 5.97 Å². The van der Waals surface area contributed by atoms with Crippen LogP contribution in [0.15, 0.2) is 0 Å². The van der Waals surface area contributed by atoms with Gasteiger partial charge in [-0.2, -0.15) is 0 Å².